The van der Waals surface area contributed by atoms with E-state index < -0.39 is 0 Å². The van der Waals surface area contributed by atoms with Crippen molar-refractivity contribution in [1.29, 1.82) is 0 Å². The molecule has 0 aliphatic carbocycles. The van der Waals surface area contributed by atoms with Gasteiger partial charge in [-0.15, -0.1) is 0 Å². The first-order chi connectivity index (χ1) is 4.91. The Bertz CT molecular complexity index is 76.8. The van der Waals surface area contributed by atoms with Crippen LogP contribution in [0.5, 0.6) is 0 Å². The van der Waals surface area contributed by atoms with Crippen LogP contribution in [0.4, 0.5) is 0 Å². The first kappa shape index (κ1) is 9.70. The zero-order valence-corrected chi connectivity index (χ0v) is 6.81. The minimum atomic E-state index is 0.715. The van der Waals surface area contributed by atoms with Crippen molar-refractivity contribution in [3.8, 4) is 0 Å². The van der Waals surface area contributed by atoms with E-state index >= 15 is 0 Å². The maximum absolute atomic E-state index is 5.25. The fourth-order valence-corrected chi connectivity index (χ4v) is 0.674. The Morgan fingerprint density at radius 1 is 1.40 bits per heavy atom. The molecule has 1 heteroatoms. The largest absolute Gasteiger partial charge is 0.377 e. The van der Waals surface area contributed by atoms with Crippen LogP contribution >= 0.6 is 0 Å². The summed E-state index contributed by atoms with van der Waals surface area (Å²) in [6, 6.07) is 0. The third-order valence-electron chi connectivity index (χ3n) is 1.27. The molecule has 0 N–H and O–H groups in total. The van der Waals surface area contributed by atoms with Crippen LogP contribution in [-0.2, 0) is 4.74 Å². The molecular weight excluding hydrogens is 124 g/mol. The second kappa shape index (κ2) is 8.70. The molecule has 0 atom stereocenters. The molecular formula is C9H17O. The van der Waals surface area contributed by atoms with Gasteiger partial charge in [0.15, 0.2) is 0 Å². The summed E-state index contributed by atoms with van der Waals surface area (Å²) in [5.41, 5.74) is 0. The molecule has 0 bridgehead atoms. The van der Waals surface area contributed by atoms with E-state index in [9.17, 15) is 0 Å². The van der Waals surface area contributed by atoms with Crippen molar-refractivity contribution in [3.63, 3.8) is 0 Å². The zero-order valence-electron chi connectivity index (χ0n) is 6.81. The topological polar surface area (TPSA) is 9.23 Å². The van der Waals surface area contributed by atoms with E-state index in [1.807, 2.05) is 6.08 Å². The Morgan fingerprint density at radius 3 is 2.80 bits per heavy atom. The van der Waals surface area contributed by atoms with E-state index in [-0.39, 0.29) is 0 Å². The molecule has 0 aromatic carbocycles. The molecule has 0 aliphatic rings. The summed E-state index contributed by atoms with van der Waals surface area (Å²) < 4.78 is 5.25. The SMILES string of the molecule is [CH2]C=CCOCCCCC. The maximum Gasteiger partial charge on any atom is 0.0647 e. The van der Waals surface area contributed by atoms with Gasteiger partial charge in [0.1, 0.15) is 0 Å². The Balaban J connectivity index is 2.77. The van der Waals surface area contributed by atoms with Gasteiger partial charge in [0.2, 0.25) is 0 Å². The monoisotopic (exact) mass is 141 g/mol. The van der Waals surface area contributed by atoms with Crippen molar-refractivity contribution in [1.82, 2.24) is 0 Å². The minimum Gasteiger partial charge on any atom is -0.377 e. The second-order valence-corrected chi connectivity index (χ2v) is 2.25. The van der Waals surface area contributed by atoms with Crippen LogP contribution in [0.2, 0.25) is 0 Å². The van der Waals surface area contributed by atoms with Crippen LogP contribution < -0.4 is 0 Å². The molecule has 0 spiro atoms. The zero-order chi connectivity index (χ0) is 7.66. The molecule has 1 nitrogen and oxygen atoms in total. The predicted molar refractivity (Wildman–Crippen MR) is 44.8 cm³/mol. The average Bonchev–Trinajstić information content (AvgIpc) is 1.97. The van der Waals surface area contributed by atoms with E-state index in [1.54, 1.807) is 6.08 Å². The minimum absolute atomic E-state index is 0.715. The molecule has 0 saturated heterocycles. The van der Waals surface area contributed by atoms with Gasteiger partial charge >= 0.3 is 0 Å². The lowest BCUT2D eigenvalue weighted by Gasteiger charge is -1.98. The molecule has 10 heavy (non-hydrogen) atoms. The van der Waals surface area contributed by atoms with E-state index in [0.717, 1.165) is 6.61 Å². The summed E-state index contributed by atoms with van der Waals surface area (Å²) in [6.45, 7) is 7.35. The molecule has 0 fully saturated rings. The molecule has 0 amide bonds. The van der Waals surface area contributed by atoms with Crippen molar-refractivity contribution in [2.45, 2.75) is 26.2 Å². The Hall–Kier alpha value is -0.300. The van der Waals surface area contributed by atoms with Gasteiger partial charge in [-0.1, -0.05) is 31.9 Å². The highest BCUT2D eigenvalue weighted by atomic mass is 16.5. The predicted octanol–water partition coefficient (Wildman–Crippen LogP) is 2.58. The number of ether oxygens (including phenoxy) is 1. The fourth-order valence-electron chi connectivity index (χ4n) is 0.674. The van der Waals surface area contributed by atoms with E-state index in [4.69, 9.17) is 4.74 Å². The van der Waals surface area contributed by atoms with E-state index in [0.29, 0.717) is 6.61 Å². The van der Waals surface area contributed by atoms with Crippen LogP contribution in [0.25, 0.3) is 0 Å². The summed E-state index contributed by atoms with van der Waals surface area (Å²) in [4.78, 5) is 0. The van der Waals surface area contributed by atoms with E-state index in [1.165, 1.54) is 19.3 Å². The molecule has 0 aromatic heterocycles. The van der Waals surface area contributed by atoms with Gasteiger partial charge in [0, 0.05) is 6.61 Å². The third kappa shape index (κ3) is 7.70. The Labute approximate surface area is 64.1 Å². The summed E-state index contributed by atoms with van der Waals surface area (Å²) >= 11 is 0. The summed E-state index contributed by atoms with van der Waals surface area (Å²) in [5.74, 6) is 0. The highest BCUT2D eigenvalue weighted by Gasteiger charge is 1.83. The molecule has 59 valence electrons. The molecule has 0 unspecified atom stereocenters. The van der Waals surface area contributed by atoms with Gasteiger partial charge in [-0.25, -0.2) is 0 Å². The Morgan fingerprint density at radius 2 is 2.20 bits per heavy atom. The lowest BCUT2D eigenvalue weighted by atomic mass is 10.3. The van der Waals surface area contributed by atoms with Crippen LogP contribution in [0.15, 0.2) is 12.2 Å². The highest BCUT2D eigenvalue weighted by molar-refractivity contribution is 4.83. The van der Waals surface area contributed by atoms with Gasteiger partial charge in [-0.05, 0) is 13.3 Å². The number of rotatable bonds is 6. The highest BCUT2D eigenvalue weighted by Crippen LogP contribution is 1.93. The van der Waals surface area contributed by atoms with E-state index in [2.05, 4.69) is 13.8 Å². The number of hydrogen-bond acceptors (Lipinski definition) is 1. The second-order valence-electron chi connectivity index (χ2n) is 2.25. The van der Waals surface area contributed by atoms with Crippen LogP contribution in [0, 0.1) is 6.92 Å². The summed E-state index contributed by atoms with van der Waals surface area (Å²) in [7, 11) is 0. The number of hydrogen-bond donors (Lipinski definition) is 0. The molecule has 0 saturated carbocycles. The molecule has 0 heterocycles. The maximum atomic E-state index is 5.25. The molecule has 0 aromatic rings. The number of unbranched alkanes of at least 4 members (excludes halogenated alkanes) is 2. The standard InChI is InChI=1S/C9H17O/c1-3-5-7-9-10-8-6-4-2/h4,6H,2-3,5,7-9H2,1H3. The number of allylic oxidation sites excluding steroid dienone is 1. The fraction of sp³-hybridized carbons (Fsp3) is 0.667. The average molecular weight is 141 g/mol. The van der Waals surface area contributed by atoms with Crippen LogP contribution in [0.3, 0.4) is 0 Å². The third-order valence-corrected chi connectivity index (χ3v) is 1.27. The molecule has 0 rings (SSSR count). The molecule has 1 radical (unpaired) electrons. The van der Waals surface area contributed by atoms with Gasteiger partial charge in [-0.2, -0.15) is 0 Å². The van der Waals surface area contributed by atoms with Crippen molar-refractivity contribution < 1.29 is 4.74 Å². The quantitative estimate of drug-likeness (QED) is 0.516. The van der Waals surface area contributed by atoms with Crippen LogP contribution in [0.1, 0.15) is 26.2 Å². The van der Waals surface area contributed by atoms with Gasteiger partial charge in [-0.3, -0.25) is 0 Å². The first-order valence-electron chi connectivity index (χ1n) is 3.93. The van der Waals surface area contributed by atoms with Gasteiger partial charge in [0.25, 0.3) is 0 Å². The lowest BCUT2D eigenvalue weighted by molar-refractivity contribution is 0.157. The smallest absolute Gasteiger partial charge is 0.0647 e. The first-order valence-corrected chi connectivity index (χ1v) is 3.93. The summed E-state index contributed by atoms with van der Waals surface area (Å²) in [5, 5.41) is 0. The molecule has 0 aliphatic heterocycles. The van der Waals surface area contributed by atoms with Crippen molar-refractivity contribution >= 4 is 0 Å². The van der Waals surface area contributed by atoms with Crippen molar-refractivity contribution in [2.75, 3.05) is 13.2 Å². The normalized spacial score (nSPS) is 11.0. The van der Waals surface area contributed by atoms with Crippen molar-refractivity contribution in [2.24, 2.45) is 0 Å². The summed E-state index contributed by atoms with van der Waals surface area (Å²) in [6.07, 6.45) is 7.40. The Kier molecular flexibility index (Phi) is 8.44. The lowest BCUT2D eigenvalue weighted by Crippen LogP contribution is -1.93. The van der Waals surface area contributed by atoms with Gasteiger partial charge < -0.3 is 4.74 Å². The van der Waals surface area contributed by atoms with Gasteiger partial charge in [0.05, 0.1) is 6.61 Å². The van der Waals surface area contributed by atoms with Crippen molar-refractivity contribution in [3.05, 3.63) is 19.1 Å². The van der Waals surface area contributed by atoms with Crippen LogP contribution in [-0.4, -0.2) is 13.2 Å².